The van der Waals surface area contributed by atoms with Crippen LogP contribution in [0.3, 0.4) is 0 Å². The quantitative estimate of drug-likeness (QED) is 0.894. The molecule has 0 aliphatic rings. The third kappa shape index (κ3) is 4.05. The minimum absolute atomic E-state index is 0.0384. The van der Waals surface area contributed by atoms with Crippen molar-refractivity contribution in [1.29, 1.82) is 0 Å². The molecule has 2 aromatic rings. The van der Waals surface area contributed by atoms with Crippen molar-refractivity contribution in [2.45, 2.75) is 39.0 Å². The molecule has 0 atom stereocenters. The van der Waals surface area contributed by atoms with Crippen LogP contribution in [0.2, 0.25) is 5.02 Å². The van der Waals surface area contributed by atoms with E-state index in [1.807, 2.05) is 31.2 Å². The van der Waals surface area contributed by atoms with Crippen molar-refractivity contribution >= 4 is 28.9 Å². The molecular formula is C16H18ClNO2S. The third-order valence-electron chi connectivity index (χ3n) is 3.32. The number of thiazole rings is 1. The smallest absolute Gasteiger partial charge is 0.308 e. The number of carboxylic acid groups (broad SMARTS) is 1. The maximum atomic E-state index is 10.9. The Bertz CT molecular complexity index is 664. The van der Waals surface area contributed by atoms with Gasteiger partial charge in [0.05, 0.1) is 17.1 Å². The van der Waals surface area contributed by atoms with Gasteiger partial charge >= 0.3 is 5.97 Å². The normalized spacial score (nSPS) is 11.6. The lowest BCUT2D eigenvalue weighted by Gasteiger charge is -2.22. The maximum absolute atomic E-state index is 10.9. The van der Waals surface area contributed by atoms with Crippen molar-refractivity contribution in [1.82, 2.24) is 4.98 Å². The van der Waals surface area contributed by atoms with Crippen LogP contribution < -0.4 is 0 Å². The predicted octanol–water partition coefficient (Wildman–Crippen LogP) is 4.25. The Balaban J connectivity index is 2.24. The molecule has 0 radical (unpaired) electrons. The van der Waals surface area contributed by atoms with E-state index in [1.54, 1.807) is 0 Å². The van der Waals surface area contributed by atoms with Gasteiger partial charge in [0.2, 0.25) is 0 Å². The van der Waals surface area contributed by atoms with Gasteiger partial charge in [0.25, 0.3) is 0 Å². The van der Waals surface area contributed by atoms with E-state index in [2.05, 4.69) is 18.8 Å². The van der Waals surface area contributed by atoms with Gasteiger partial charge < -0.3 is 5.11 Å². The fraction of sp³-hybridized carbons (Fsp3) is 0.375. The highest BCUT2D eigenvalue weighted by molar-refractivity contribution is 7.12. The van der Waals surface area contributed by atoms with E-state index in [4.69, 9.17) is 16.7 Å². The molecule has 0 aliphatic carbocycles. The summed E-state index contributed by atoms with van der Waals surface area (Å²) >= 11 is 7.52. The van der Waals surface area contributed by atoms with Crippen LogP contribution in [0, 0.1) is 6.92 Å². The summed E-state index contributed by atoms with van der Waals surface area (Å²) in [6, 6.07) is 7.81. The largest absolute Gasteiger partial charge is 0.481 e. The zero-order valence-electron chi connectivity index (χ0n) is 12.3. The molecule has 1 N–H and O–H groups in total. The molecule has 2 rings (SSSR count). The van der Waals surface area contributed by atoms with Gasteiger partial charge in [-0.15, -0.1) is 11.3 Å². The molecule has 0 unspecified atom stereocenters. The number of hydrogen-bond donors (Lipinski definition) is 1. The molecule has 0 bridgehead atoms. The Labute approximate surface area is 133 Å². The Morgan fingerprint density at radius 2 is 2.14 bits per heavy atom. The minimum Gasteiger partial charge on any atom is -0.481 e. The van der Waals surface area contributed by atoms with Crippen molar-refractivity contribution in [3.63, 3.8) is 0 Å². The molecule has 5 heteroatoms. The number of rotatable bonds is 5. The monoisotopic (exact) mass is 323 g/mol. The molecule has 1 aromatic carbocycles. The highest BCUT2D eigenvalue weighted by Gasteiger charge is 2.26. The van der Waals surface area contributed by atoms with E-state index in [9.17, 15) is 4.79 Å². The second kappa shape index (κ2) is 6.16. The lowest BCUT2D eigenvalue weighted by atomic mass is 9.86. The van der Waals surface area contributed by atoms with E-state index in [0.717, 1.165) is 32.6 Å². The second-order valence-corrected chi connectivity index (χ2v) is 7.31. The van der Waals surface area contributed by atoms with Crippen LogP contribution >= 0.6 is 22.9 Å². The molecule has 0 amide bonds. The van der Waals surface area contributed by atoms with E-state index in [0.29, 0.717) is 0 Å². The van der Waals surface area contributed by atoms with E-state index < -0.39 is 5.97 Å². The predicted molar refractivity (Wildman–Crippen MR) is 86.4 cm³/mol. The first-order chi connectivity index (χ1) is 9.78. The average Bonchev–Trinajstić information content (AvgIpc) is 2.70. The summed E-state index contributed by atoms with van der Waals surface area (Å²) in [6.07, 6.45) is 0.851. The van der Waals surface area contributed by atoms with Crippen molar-refractivity contribution in [2.75, 3.05) is 0 Å². The lowest BCUT2D eigenvalue weighted by Crippen LogP contribution is -2.20. The van der Waals surface area contributed by atoms with Crippen molar-refractivity contribution in [3.05, 3.63) is 50.4 Å². The zero-order chi connectivity index (χ0) is 15.6. The molecule has 0 spiro atoms. The molecular weight excluding hydrogens is 306 g/mol. The first-order valence-corrected chi connectivity index (χ1v) is 7.90. The van der Waals surface area contributed by atoms with E-state index in [-0.39, 0.29) is 11.8 Å². The molecule has 0 fully saturated rings. The van der Waals surface area contributed by atoms with Gasteiger partial charge in [-0.05, 0) is 31.0 Å². The number of aromatic nitrogens is 1. The number of aliphatic carboxylic acids is 1. The Morgan fingerprint density at radius 1 is 1.43 bits per heavy atom. The van der Waals surface area contributed by atoms with Gasteiger partial charge in [0.15, 0.2) is 0 Å². The molecule has 1 heterocycles. The molecule has 0 saturated heterocycles. The third-order valence-corrected chi connectivity index (χ3v) is 5.08. The number of carboxylic acids is 1. The van der Waals surface area contributed by atoms with Gasteiger partial charge in [-0.3, -0.25) is 4.79 Å². The standard InChI is InChI=1S/C16H18ClNO2S/c1-10-13(8-14(19)20)21-15(18-10)16(2,3)9-11-5-4-6-12(17)7-11/h4-7H,8-9H2,1-3H3,(H,19,20). The summed E-state index contributed by atoms with van der Waals surface area (Å²) in [5.41, 5.74) is 1.81. The Morgan fingerprint density at radius 3 is 2.76 bits per heavy atom. The SMILES string of the molecule is Cc1nc(C(C)(C)Cc2cccc(Cl)c2)sc1CC(=O)O. The van der Waals surface area contributed by atoms with E-state index in [1.165, 1.54) is 11.3 Å². The summed E-state index contributed by atoms with van der Waals surface area (Å²) in [5.74, 6) is -0.819. The van der Waals surface area contributed by atoms with Crippen molar-refractivity contribution < 1.29 is 9.90 Å². The molecule has 3 nitrogen and oxygen atoms in total. The summed E-state index contributed by atoms with van der Waals surface area (Å²) in [6.45, 7) is 6.11. The maximum Gasteiger partial charge on any atom is 0.308 e. The lowest BCUT2D eigenvalue weighted by molar-refractivity contribution is -0.136. The number of benzene rings is 1. The van der Waals surface area contributed by atoms with Gasteiger partial charge in [-0.1, -0.05) is 37.6 Å². The molecule has 21 heavy (non-hydrogen) atoms. The van der Waals surface area contributed by atoms with Crippen LogP contribution in [0.4, 0.5) is 0 Å². The summed E-state index contributed by atoms with van der Waals surface area (Å²) in [7, 11) is 0. The van der Waals surface area contributed by atoms with Crippen LogP contribution in [0.25, 0.3) is 0 Å². The average molecular weight is 324 g/mol. The molecule has 1 aromatic heterocycles. The summed E-state index contributed by atoms with van der Waals surface area (Å²) < 4.78 is 0. The molecule has 112 valence electrons. The Kier molecular flexibility index (Phi) is 4.69. The van der Waals surface area contributed by atoms with Crippen molar-refractivity contribution in [2.24, 2.45) is 0 Å². The number of halogens is 1. The number of hydrogen-bond acceptors (Lipinski definition) is 3. The van der Waals surface area contributed by atoms with Crippen LogP contribution in [0.5, 0.6) is 0 Å². The number of carbonyl (C=O) groups is 1. The van der Waals surface area contributed by atoms with Gasteiger partial charge in [-0.2, -0.15) is 0 Å². The molecule has 0 aliphatic heterocycles. The van der Waals surface area contributed by atoms with Crippen LogP contribution in [-0.2, 0) is 23.1 Å². The van der Waals surface area contributed by atoms with Gasteiger partial charge in [0.1, 0.15) is 0 Å². The van der Waals surface area contributed by atoms with Crippen LogP contribution in [-0.4, -0.2) is 16.1 Å². The van der Waals surface area contributed by atoms with Gasteiger partial charge in [0, 0.05) is 15.3 Å². The highest BCUT2D eigenvalue weighted by Crippen LogP contribution is 2.33. The summed E-state index contributed by atoms with van der Waals surface area (Å²) in [4.78, 5) is 16.3. The topological polar surface area (TPSA) is 50.2 Å². The number of nitrogens with zero attached hydrogens (tertiary/aromatic N) is 1. The van der Waals surface area contributed by atoms with E-state index >= 15 is 0 Å². The first kappa shape index (κ1) is 16.0. The number of aryl methyl sites for hydroxylation is 1. The minimum atomic E-state index is -0.819. The fourth-order valence-electron chi connectivity index (χ4n) is 2.25. The first-order valence-electron chi connectivity index (χ1n) is 6.71. The summed E-state index contributed by atoms with van der Waals surface area (Å²) in [5, 5.41) is 10.6. The zero-order valence-corrected chi connectivity index (χ0v) is 13.9. The van der Waals surface area contributed by atoms with Crippen LogP contribution in [0.1, 0.15) is 35.0 Å². The van der Waals surface area contributed by atoms with Gasteiger partial charge in [-0.25, -0.2) is 4.98 Å². The Hall–Kier alpha value is -1.39. The second-order valence-electron chi connectivity index (χ2n) is 5.79. The van der Waals surface area contributed by atoms with Crippen LogP contribution in [0.15, 0.2) is 24.3 Å². The molecule has 0 saturated carbocycles. The van der Waals surface area contributed by atoms with Crippen molar-refractivity contribution in [3.8, 4) is 0 Å². The highest BCUT2D eigenvalue weighted by atomic mass is 35.5. The fourth-order valence-corrected chi connectivity index (χ4v) is 3.62.